The van der Waals surface area contributed by atoms with Gasteiger partial charge in [0.25, 0.3) is 0 Å². The third-order valence-corrected chi connectivity index (χ3v) is 4.92. The van der Waals surface area contributed by atoms with Crippen LogP contribution in [0.4, 0.5) is 0 Å². The van der Waals surface area contributed by atoms with E-state index in [-0.39, 0.29) is 23.7 Å². The number of hydrogen-bond acceptors (Lipinski definition) is 4. The summed E-state index contributed by atoms with van der Waals surface area (Å²) in [5, 5.41) is 0. The van der Waals surface area contributed by atoms with Crippen molar-refractivity contribution in [3.63, 3.8) is 0 Å². The Bertz CT molecular complexity index is 409. The Hall–Kier alpha value is -1.14. The lowest BCUT2D eigenvalue weighted by molar-refractivity contribution is -0.136. The van der Waals surface area contributed by atoms with Crippen LogP contribution in [-0.4, -0.2) is 67.6 Å². The number of nitrogens with two attached hydrogens (primary N) is 1. The second-order valence-corrected chi connectivity index (χ2v) is 6.56. The molecule has 3 rings (SSSR count). The summed E-state index contributed by atoms with van der Waals surface area (Å²) in [5.74, 6) is 0.0223. The number of amides is 2. The van der Waals surface area contributed by atoms with Gasteiger partial charge in [-0.1, -0.05) is 0 Å². The number of piperidine rings is 1. The van der Waals surface area contributed by atoms with Crippen LogP contribution in [-0.2, 0) is 14.3 Å². The van der Waals surface area contributed by atoms with Gasteiger partial charge in [0.05, 0.1) is 25.0 Å². The number of ether oxygens (including phenoxy) is 1. The van der Waals surface area contributed by atoms with Crippen molar-refractivity contribution in [3.8, 4) is 0 Å². The summed E-state index contributed by atoms with van der Waals surface area (Å²) < 4.78 is 5.37. The van der Waals surface area contributed by atoms with E-state index >= 15 is 0 Å². The highest BCUT2D eigenvalue weighted by Crippen LogP contribution is 2.40. The molecule has 2 heterocycles. The van der Waals surface area contributed by atoms with Crippen LogP contribution in [0, 0.1) is 17.8 Å². The van der Waals surface area contributed by atoms with Gasteiger partial charge in [0.2, 0.25) is 11.8 Å². The monoisotopic (exact) mass is 295 g/mol. The van der Waals surface area contributed by atoms with Gasteiger partial charge in [-0.2, -0.15) is 0 Å². The van der Waals surface area contributed by atoms with E-state index in [1.165, 1.54) is 6.42 Å². The van der Waals surface area contributed by atoms with E-state index in [1.54, 1.807) is 0 Å². The highest BCUT2D eigenvalue weighted by molar-refractivity contribution is 5.91. The van der Waals surface area contributed by atoms with E-state index in [0.717, 1.165) is 52.4 Å². The molecule has 3 aliphatic rings. The van der Waals surface area contributed by atoms with Crippen molar-refractivity contribution < 1.29 is 14.3 Å². The van der Waals surface area contributed by atoms with Crippen molar-refractivity contribution in [3.05, 3.63) is 0 Å². The van der Waals surface area contributed by atoms with Gasteiger partial charge in [0.15, 0.2) is 0 Å². The molecular formula is C15H25N3O3. The van der Waals surface area contributed by atoms with Crippen LogP contribution in [0.5, 0.6) is 0 Å². The van der Waals surface area contributed by atoms with Gasteiger partial charge < -0.3 is 15.4 Å². The number of hydrogen-bond donors (Lipinski definition) is 1. The second kappa shape index (κ2) is 6.32. The first-order chi connectivity index (χ1) is 10.1. The fraction of sp³-hybridized carbons (Fsp3) is 0.867. The Morgan fingerprint density at radius 3 is 2.57 bits per heavy atom. The number of likely N-dealkylation sites (tertiary alicyclic amines) is 1. The number of primary amides is 1. The standard InChI is InChI=1S/C15H25N3O3/c16-14(19)12-8-13(12)15(20)18-3-1-2-11(10-18)9-17-4-6-21-7-5-17/h11-13H,1-10H2,(H2,16,19)/t11-,12-,13+/m1/s1. The minimum absolute atomic E-state index is 0.135. The van der Waals surface area contributed by atoms with E-state index in [1.807, 2.05) is 4.90 Å². The summed E-state index contributed by atoms with van der Waals surface area (Å²) in [5.41, 5.74) is 5.28. The van der Waals surface area contributed by atoms with Gasteiger partial charge >= 0.3 is 0 Å². The first kappa shape index (κ1) is 14.8. The molecular weight excluding hydrogens is 270 g/mol. The number of carbonyl (C=O) groups is 2. The minimum atomic E-state index is -0.324. The largest absolute Gasteiger partial charge is 0.379 e. The molecule has 1 saturated carbocycles. The maximum atomic E-state index is 12.4. The van der Waals surface area contributed by atoms with Crippen LogP contribution < -0.4 is 5.73 Å². The number of carbonyl (C=O) groups excluding carboxylic acids is 2. The second-order valence-electron chi connectivity index (χ2n) is 6.56. The van der Waals surface area contributed by atoms with Gasteiger partial charge in [0, 0.05) is 32.7 Å². The predicted octanol–water partition coefficient (Wildman–Crippen LogP) is -0.321. The molecule has 2 aliphatic heterocycles. The van der Waals surface area contributed by atoms with Crippen LogP contribution in [0.3, 0.4) is 0 Å². The molecule has 0 aromatic carbocycles. The molecule has 0 bridgehead atoms. The molecule has 0 aromatic heterocycles. The number of morpholine rings is 1. The SMILES string of the molecule is NC(=O)[C@@H]1C[C@@H]1C(=O)N1CCC[C@H](CN2CCOCC2)C1. The fourth-order valence-electron chi connectivity index (χ4n) is 3.58. The highest BCUT2D eigenvalue weighted by atomic mass is 16.5. The Balaban J connectivity index is 1.49. The summed E-state index contributed by atoms with van der Waals surface area (Å²) in [6.45, 7) is 6.35. The zero-order valence-corrected chi connectivity index (χ0v) is 12.5. The average molecular weight is 295 g/mol. The smallest absolute Gasteiger partial charge is 0.226 e. The Morgan fingerprint density at radius 2 is 1.90 bits per heavy atom. The maximum Gasteiger partial charge on any atom is 0.226 e. The Labute approximate surface area is 125 Å². The van der Waals surface area contributed by atoms with Crippen molar-refractivity contribution in [2.24, 2.45) is 23.5 Å². The van der Waals surface area contributed by atoms with E-state index in [9.17, 15) is 9.59 Å². The predicted molar refractivity (Wildman–Crippen MR) is 77.4 cm³/mol. The van der Waals surface area contributed by atoms with Gasteiger partial charge in [-0.3, -0.25) is 14.5 Å². The van der Waals surface area contributed by atoms with Gasteiger partial charge in [-0.15, -0.1) is 0 Å². The van der Waals surface area contributed by atoms with Crippen LogP contribution in [0.2, 0.25) is 0 Å². The molecule has 2 amide bonds. The van der Waals surface area contributed by atoms with Crippen molar-refractivity contribution in [2.45, 2.75) is 19.3 Å². The van der Waals surface area contributed by atoms with Crippen molar-refractivity contribution in [1.82, 2.24) is 9.80 Å². The lowest BCUT2D eigenvalue weighted by atomic mass is 9.96. The minimum Gasteiger partial charge on any atom is -0.379 e. The molecule has 6 nitrogen and oxygen atoms in total. The number of rotatable bonds is 4. The molecule has 21 heavy (non-hydrogen) atoms. The Morgan fingerprint density at radius 1 is 1.14 bits per heavy atom. The molecule has 3 fully saturated rings. The summed E-state index contributed by atoms with van der Waals surface area (Å²) in [7, 11) is 0. The summed E-state index contributed by atoms with van der Waals surface area (Å²) >= 11 is 0. The Kier molecular flexibility index (Phi) is 4.45. The van der Waals surface area contributed by atoms with E-state index in [2.05, 4.69) is 4.90 Å². The molecule has 1 aliphatic carbocycles. The highest BCUT2D eigenvalue weighted by Gasteiger charge is 2.49. The van der Waals surface area contributed by atoms with Gasteiger partial charge in [0.1, 0.15) is 0 Å². The quantitative estimate of drug-likeness (QED) is 0.771. The molecule has 6 heteroatoms. The third-order valence-electron chi connectivity index (χ3n) is 4.92. The van der Waals surface area contributed by atoms with Crippen LogP contribution in [0.25, 0.3) is 0 Å². The van der Waals surface area contributed by atoms with Crippen molar-refractivity contribution >= 4 is 11.8 Å². The summed E-state index contributed by atoms with van der Waals surface area (Å²) in [6, 6.07) is 0. The zero-order chi connectivity index (χ0) is 14.8. The maximum absolute atomic E-state index is 12.4. The molecule has 2 N–H and O–H groups in total. The van der Waals surface area contributed by atoms with Crippen molar-refractivity contribution in [2.75, 3.05) is 45.9 Å². The third kappa shape index (κ3) is 3.55. The first-order valence-electron chi connectivity index (χ1n) is 8.03. The topological polar surface area (TPSA) is 75.9 Å². The number of nitrogens with zero attached hydrogens (tertiary/aromatic N) is 2. The van der Waals surface area contributed by atoms with Crippen LogP contribution in [0.15, 0.2) is 0 Å². The van der Waals surface area contributed by atoms with E-state index in [4.69, 9.17) is 10.5 Å². The molecule has 0 spiro atoms. The molecule has 2 saturated heterocycles. The zero-order valence-electron chi connectivity index (χ0n) is 12.5. The van der Waals surface area contributed by atoms with Crippen molar-refractivity contribution in [1.29, 1.82) is 0 Å². The van der Waals surface area contributed by atoms with Gasteiger partial charge in [-0.25, -0.2) is 0 Å². The van der Waals surface area contributed by atoms with Crippen LogP contribution in [0.1, 0.15) is 19.3 Å². The first-order valence-corrected chi connectivity index (χ1v) is 8.03. The van der Waals surface area contributed by atoms with Crippen LogP contribution >= 0.6 is 0 Å². The summed E-state index contributed by atoms with van der Waals surface area (Å²) in [6.07, 6.45) is 2.90. The van der Waals surface area contributed by atoms with Gasteiger partial charge in [-0.05, 0) is 25.2 Å². The molecule has 0 radical (unpaired) electrons. The molecule has 3 atom stereocenters. The lowest BCUT2D eigenvalue weighted by Crippen LogP contribution is -2.46. The molecule has 118 valence electrons. The fourth-order valence-corrected chi connectivity index (χ4v) is 3.58. The molecule has 0 unspecified atom stereocenters. The van der Waals surface area contributed by atoms with E-state index < -0.39 is 0 Å². The van der Waals surface area contributed by atoms with E-state index in [0.29, 0.717) is 12.3 Å². The normalized spacial score (nSPS) is 33.7. The molecule has 0 aromatic rings. The average Bonchev–Trinajstić information content (AvgIpc) is 3.28. The summed E-state index contributed by atoms with van der Waals surface area (Å²) in [4.78, 5) is 27.9. The lowest BCUT2D eigenvalue weighted by Gasteiger charge is -2.37.